The molecule has 0 radical (unpaired) electrons. The van der Waals surface area contributed by atoms with Gasteiger partial charge in [0.25, 0.3) is 0 Å². The van der Waals surface area contributed by atoms with Gasteiger partial charge in [-0.15, -0.1) is 0 Å². The van der Waals surface area contributed by atoms with Crippen molar-refractivity contribution in [1.82, 2.24) is 15.1 Å². The van der Waals surface area contributed by atoms with Crippen molar-refractivity contribution in [3.05, 3.63) is 18.0 Å². The SMILES string of the molecule is CCC(Br)CCNCc1ccn(C2CCCCC2)n1. The zero-order chi connectivity index (χ0) is 13.5. The number of nitrogens with zero attached hydrogens (tertiary/aromatic N) is 2. The minimum absolute atomic E-state index is 0.639. The summed E-state index contributed by atoms with van der Waals surface area (Å²) in [5, 5.41) is 8.19. The first-order chi connectivity index (χ1) is 9.29. The molecule has 1 aliphatic carbocycles. The van der Waals surface area contributed by atoms with E-state index in [0.29, 0.717) is 10.9 Å². The zero-order valence-corrected chi connectivity index (χ0v) is 13.5. The molecule has 0 aliphatic heterocycles. The van der Waals surface area contributed by atoms with E-state index in [1.54, 1.807) is 0 Å². The molecule has 1 unspecified atom stereocenters. The van der Waals surface area contributed by atoms with Crippen LogP contribution in [0, 0.1) is 0 Å². The van der Waals surface area contributed by atoms with E-state index in [0.717, 1.165) is 13.1 Å². The summed E-state index contributed by atoms with van der Waals surface area (Å²) in [6, 6.07) is 2.81. The third-order valence-corrected chi connectivity index (χ3v) is 5.10. The third-order valence-electron chi connectivity index (χ3n) is 4.00. The first-order valence-corrected chi connectivity index (χ1v) is 8.60. The Morgan fingerprint density at radius 1 is 1.42 bits per heavy atom. The third kappa shape index (κ3) is 4.92. The Labute approximate surface area is 125 Å². The monoisotopic (exact) mass is 327 g/mol. The van der Waals surface area contributed by atoms with Crippen LogP contribution in [0.4, 0.5) is 0 Å². The molecule has 1 saturated carbocycles. The van der Waals surface area contributed by atoms with Gasteiger partial charge in [-0.3, -0.25) is 4.68 Å². The van der Waals surface area contributed by atoms with Crippen LogP contribution in [-0.4, -0.2) is 21.2 Å². The van der Waals surface area contributed by atoms with Crippen LogP contribution in [0.15, 0.2) is 12.3 Å². The molecule has 108 valence electrons. The second kappa shape index (κ2) is 8.05. The van der Waals surface area contributed by atoms with Crippen molar-refractivity contribution in [2.75, 3.05) is 6.54 Å². The van der Waals surface area contributed by atoms with E-state index >= 15 is 0 Å². The Balaban J connectivity index is 1.71. The van der Waals surface area contributed by atoms with E-state index in [2.05, 4.69) is 45.1 Å². The summed E-state index contributed by atoms with van der Waals surface area (Å²) in [6.45, 7) is 4.16. The highest BCUT2D eigenvalue weighted by Crippen LogP contribution is 2.27. The van der Waals surface area contributed by atoms with Gasteiger partial charge in [0.2, 0.25) is 0 Å². The Morgan fingerprint density at radius 3 is 2.95 bits per heavy atom. The van der Waals surface area contributed by atoms with Gasteiger partial charge in [-0.2, -0.15) is 5.10 Å². The van der Waals surface area contributed by atoms with Gasteiger partial charge in [0.15, 0.2) is 0 Å². The Hall–Kier alpha value is -0.350. The molecule has 0 aromatic carbocycles. The molecule has 1 aromatic heterocycles. The van der Waals surface area contributed by atoms with Gasteiger partial charge in [-0.05, 0) is 38.3 Å². The molecule has 3 nitrogen and oxygen atoms in total. The molecular formula is C15H26BrN3. The molecule has 0 saturated heterocycles. The first kappa shape index (κ1) is 15.0. The Morgan fingerprint density at radius 2 is 2.21 bits per heavy atom. The molecule has 1 aromatic rings. The van der Waals surface area contributed by atoms with Crippen molar-refractivity contribution >= 4 is 15.9 Å². The van der Waals surface area contributed by atoms with Gasteiger partial charge in [-0.1, -0.05) is 42.1 Å². The van der Waals surface area contributed by atoms with Crippen molar-refractivity contribution < 1.29 is 0 Å². The fraction of sp³-hybridized carbons (Fsp3) is 0.800. The number of rotatable bonds is 7. The van der Waals surface area contributed by atoms with Crippen LogP contribution in [0.5, 0.6) is 0 Å². The maximum Gasteiger partial charge on any atom is 0.0762 e. The molecule has 0 amide bonds. The molecule has 4 heteroatoms. The number of aromatic nitrogens is 2. The smallest absolute Gasteiger partial charge is 0.0762 e. The molecular weight excluding hydrogens is 302 g/mol. The fourth-order valence-electron chi connectivity index (χ4n) is 2.70. The molecule has 1 atom stereocenters. The number of hydrogen-bond acceptors (Lipinski definition) is 2. The highest BCUT2D eigenvalue weighted by Gasteiger charge is 2.15. The van der Waals surface area contributed by atoms with Crippen LogP contribution in [0.3, 0.4) is 0 Å². The maximum absolute atomic E-state index is 4.71. The summed E-state index contributed by atoms with van der Waals surface area (Å²) >= 11 is 3.66. The van der Waals surface area contributed by atoms with Gasteiger partial charge in [0.1, 0.15) is 0 Å². The van der Waals surface area contributed by atoms with E-state index in [9.17, 15) is 0 Å². The largest absolute Gasteiger partial charge is 0.311 e. The number of nitrogens with one attached hydrogen (secondary N) is 1. The molecule has 19 heavy (non-hydrogen) atoms. The lowest BCUT2D eigenvalue weighted by Gasteiger charge is -2.21. The van der Waals surface area contributed by atoms with E-state index in [1.165, 1.54) is 50.6 Å². The van der Waals surface area contributed by atoms with E-state index in [1.807, 2.05) is 0 Å². The quantitative estimate of drug-likeness (QED) is 0.605. The van der Waals surface area contributed by atoms with Crippen LogP contribution >= 0.6 is 15.9 Å². The van der Waals surface area contributed by atoms with Crippen molar-refractivity contribution in [3.8, 4) is 0 Å². The molecule has 1 N–H and O–H groups in total. The fourth-order valence-corrected chi connectivity index (χ4v) is 2.93. The summed E-state index contributed by atoms with van der Waals surface area (Å²) in [7, 11) is 0. The van der Waals surface area contributed by atoms with Crippen molar-refractivity contribution in [2.45, 2.75) is 69.3 Å². The summed E-state index contributed by atoms with van der Waals surface area (Å²) < 4.78 is 2.19. The van der Waals surface area contributed by atoms with Gasteiger partial charge in [0, 0.05) is 17.6 Å². The zero-order valence-electron chi connectivity index (χ0n) is 11.9. The molecule has 0 bridgehead atoms. The molecule has 1 fully saturated rings. The first-order valence-electron chi connectivity index (χ1n) is 7.68. The summed E-state index contributed by atoms with van der Waals surface area (Å²) in [5.74, 6) is 0. The van der Waals surface area contributed by atoms with Crippen molar-refractivity contribution in [3.63, 3.8) is 0 Å². The average molecular weight is 328 g/mol. The highest BCUT2D eigenvalue weighted by molar-refractivity contribution is 9.09. The molecule has 1 aliphatic rings. The van der Waals surface area contributed by atoms with Crippen LogP contribution in [-0.2, 0) is 6.54 Å². The van der Waals surface area contributed by atoms with Gasteiger partial charge < -0.3 is 5.32 Å². The summed E-state index contributed by atoms with van der Waals surface area (Å²) in [5.41, 5.74) is 1.17. The summed E-state index contributed by atoms with van der Waals surface area (Å²) in [4.78, 5) is 0.639. The standard InChI is InChI=1S/C15H26BrN3/c1-2-13(16)8-10-17-12-14-9-11-19(18-14)15-6-4-3-5-7-15/h9,11,13,15,17H,2-8,10,12H2,1H3. The average Bonchev–Trinajstić information content (AvgIpc) is 2.93. The normalized spacial score (nSPS) is 18.6. The number of hydrogen-bond donors (Lipinski definition) is 1. The van der Waals surface area contributed by atoms with Crippen LogP contribution in [0.2, 0.25) is 0 Å². The molecule has 2 rings (SSSR count). The van der Waals surface area contributed by atoms with Crippen LogP contribution in [0.1, 0.15) is 63.6 Å². The predicted molar refractivity (Wildman–Crippen MR) is 83.7 cm³/mol. The minimum atomic E-state index is 0.639. The Kier molecular flexibility index (Phi) is 6.38. The molecule has 1 heterocycles. The van der Waals surface area contributed by atoms with E-state index in [4.69, 9.17) is 5.10 Å². The van der Waals surface area contributed by atoms with Crippen molar-refractivity contribution in [1.29, 1.82) is 0 Å². The second-order valence-corrected chi connectivity index (χ2v) is 6.84. The second-order valence-electron chi connectivity index (χ2n) is 5.55. The predicted octanol–water partition coefficient (Wildman–Crippen LogP) is 4.04. The van der Waals surface area contributed by atoms with E-state index in [-0.39, 0.29) is 0 Å². The number of halogens is 1. The van der Waals surface area contributed by atoms with Crippen LogP contribution in [0.25, 0.3) is 0 Å². The Bertz CT molecular complexity index is 358. The maximum atomic E-state index is 4.71. The van der Waals surface area contributed by atoms with Crippen LogP contribution < -0.4 is 5.32 Å². The van der Waals surface area contributed by atoms with Gasteiger partial charge in [-0.25, -0.2) is 0 Å². The molecule has 0 spiro atoms. The van der Waals surface area contributed by atoms with Crippen molar-refractivity contribution in [2.24, 2.45) is 0 Å². The lowest BCUT2D eigenvalue weighted by molar-refractivity contribution is 0.327. The lowest BCUT2D eigenvalue weighted by Crippen LogP contribution is -2.19. The minimum Gasteiger partial charge on any atom is -0.311 e. The van der Waals surface area contributed by atoms with Gasteiger partial charge >= 0.3 is 0 Å². The van der Waals surface area contributed by atoms with Gasteiger partial charge in [0.05, 0.1) is 11.7 Å². The number of alkyl halides is 1. The lowest BCUT2D eigenvalue weighted by atomic mass is 9.96. The highest BCUT2D eigenvalue weighted by atomic mass is 79.9. The summed E-state index contributed by atoms with van der Waals surface area (Å²) in [6.07, 6.45) is 11.3. The topological polar surface area (TPSA) is 29.9 Å². The van der Waals surface area contributed by atoms with E-state index < -0.39 is 0 Å².